The zero-order valence-electron chi connectivity index (χ0n) is 15.4. The zero-order chi connectivity index (χ0) is 18.4. The molecule has 1 unspecified atom stereocenters. The zero-order valence-corrected chi connectivity index (χ0v) is 16.2. The van der Waals surface area contributed by atoms with E-state index in [1.165, 1.54) is 11.1 Å². The molecule has 0 aliphatic heterocycles. The largest absolute Gasteiger partial charge is 0.497 e. The van der Waals surface area contributed by atoms with Crippen LogP contribution in [0.25, 0.3) is 0 Å². The van der Waals surface area contributed by atoms with E-state index >= 15 is 0 Å². The average molecular weight is 359 g/mol. The number of rotatable bonds is 6. The van der Waals surface area contributed by atoms with Crippen LogP contribution < -0.4 is 20.1 Å². The monoisotopic (exact) mass is 358 g/mol. The molecule has 134 valence electrons. The van der Waals surface area contributed by atoms with Crippen molar-refractivity contribution in [1.82, 2.24) is 5.32 Å². The van der Waals surface area contributed by atoms with E-state index in [4.69, 9.17) is 21.7 Å². The second kappa shape index (κ2) is 8.72. The molecule has 2 N–H and O–H groups in total. The summed E-state index contributed by atoms with van der Waals surface area (Å²) in [4.78, 5) is 0. The van der Waals surface area contributed by atoms with Gasteiger partial charge in [-0.05, 0) is 36.2 Å². The summed E-state index contributed by atoms with van der Waals surface area (Å²) in [7, 11) is 3.25. The topological polar surface area (TPSA) is 42.5 Å². The predicted molar refractivity (Wildman–Crippen MR) is 108 cm³/mol. The number of benzene rings is 2. The third-order valence-electron chi connectivity index (χ3n) is 4.06. The first-order chi connectivity index (χ1) is 11.9. The van der Waals surface area contributed by atoms with E-state index in [1.54, 1.807) is 14.2 Å². The first-order valence-electron chi connectivity index (χ1n) is 8.33. The molecule has 0 radical (unpaired) electrons. The molecule has 0 saturated heterocycles. The molecular formula is C20H26N2O2S. The molecule has 0 aliphatic carbocycles. The lowest BCUT2D eigenvalue weighted by Crippen LogP contribution is -2.30. The number of nitrogens with one attached hydrogen (secondary N) is 2. The molecule has 5 heteroatoms. The van der Waals surface area contributed by atoms with Crippen molar-refractivity contribution < 1.29 is 9.47 Å². The Balaban J connectivity index is 2.01. The third-order valence-corrected chi connectivity index (χ3v) is 4.28. The maximum atomic E-state index is 5.43. The van der Waals surface area contributed by atoms with Crippen molar-refractivity contribution in [2.24, 2.45) is 0 Å². The SMILES string of the molecule is COc1cc(NC(=S)NC(C)c2ccc(C(C)C)cc2)cc(OC)c1. The molecule has 4 nitrogen and oxygen atoms in total. The van der Waals surface area contributed by atoms with Gasteiger partial charge in [-0.3, -0.25) is 0 Å². The van der Waals surface area contributed by atoms with Gasteiger partial charge in [-0.25, -0.2) is 0 Å². The summed E-state index contributed by atoms with van der Waals surface area (Å²) in [5.41, 5.74) is 3.34. The first-order valence-corrected chi connectivity index (χ1v) is 8.74. The normalized spacial score (nSPS) is 11.8. The van der Waals surface area contributed by atoms with Crippen molar-refractivity contribution in [1.29, 1.82) is 0 Å². The molecule has 25 heavy (non-hydrogen) atoms. The standard InChI is InChI=1S/C20H26N2O2S/c1-13(2)15-6-8-16(9-7-15)14(3)21-20(25)22-17-10-18(23-4)12-19(11-17)24-5/h6-14H,1-5H3,(H2,21,22,25). The minimum atomic E-state index is 0.105. The molecule has 1 atom stereocenters. The highest BCUT2D eigenvalue weighted by Gasteiger charge is 2.09. The van der Waals surface area contributed by atoms with Gasteiger partial charge < -0.3 is 20.1 Å². The van der Waals surface area contributed by atoms with Gasteiger partial charge in [0, 0.05) is 23.9 Å². The second-order valence-corrected chi connectivity index (χ2v) is 6.65. The lowest BCUT2D eigenvalue weighted by atomic mass is 10.00. The maximum absolute atomic E-state index is 5.43. The summed E-state index contributed by atoms with van der Waals surface area (Å²) in [6.07, 6.45) is 0. The van der Waals surface area contributed by atoms with Gasteiger partial charge >= 0.3 is 0 Å². The molecule has 0 saturated carbocycles. The van der Waals surface area contributed by atoms with Gasteiger partial charge in [-0.2, -0.15) is 0 Å². The van der Waals surface area contributed by atoms with Crippen LogP contribution >= 0.6 is 12.2 Å². The molecule has 0 spiro atoms. The quantitative estimate of drug-likeness (QED) is 0.721. The molecule has 2 rings (SSSR count). The van der Waals surface area contributed by atoms with E-state index in [-0.39, 0.29) is 6.04 Å². The van der Waals surface area contributed by atoms with Gasteiger partial charge in [0.05, 0.1) is 20.3 Å². The van der Waals surface area contributed by atoms with Crippen LogP contribution in [0.1, 0.15) is 43.9 Å². The summed E-state index contributed by atoms with van der Waals surface area (Å²) < 4.78 is 10.6. The van der Waals surface area contributed by atoms with Crippen LogP contribution in [0, 0.1) is 0 Å². The minimum Gasteiger partial charge on any atom is -0.497 e. The highest BCUT2D eigenvalue weighted by Crippen LogP contribution is 2.26. The molecule has 0 aliphatic rings. The Kier molecular flexibility index (Phi) is 6.65. The van der Waals surface area contributed by atoms with Crippen molar-refractivity contribution >= 4 is 23.0 Å². The summed E-state index contributed by atoms with van der Waals surface area (Å²) in [6.45, 7) is 6.47. The molecule has 2 aromatic rings. The summed E-state index contributed by atoms with van der Waals surface area (Å²) in [5, 5.41) is 7.04. The number of hydrogen-bond acceptors (Lipinski definition) is 3. The van der Waals surface area contributed by atoms with Gasteiger partial charge in [0.25, 0.3) is 0 Å². The van der Waals surface area contributed by atoms with E-state index in [9.17, 15) is 0 Å². The van der Waals surface area contributed by atoms with Gasteiger partial charge in [0.1, 0.15) is 11.5 Å². The van der Waals surface area contributed by atoms with Gasteiger partial charge in [-0.15, -0.1) is 0 Å². The fraction of sp³-hybridized carbons (Fsp3) is 0.350. The molecule has 0 bridgehead atoms. The molecule has 2 aromatic carbocycles. The summed E-state index contributed by atoms with van der Waals surface area (Å²) in [6, 6.07) is 14.3. The number of ether oxygens (including phenoxy) is 2. The van der Waals surface area contributed by atoms with Crippen molar-refractivity contribution in [3.05, 3.63) is 53.6 Å². The van der Waals surface area contributed by atoms with E-state index in [2.05, 4.69) is 55.7 Å². The van der Waals surface area contributed by atoms with E-state index < -0.39 is 0 Å². The highest BCUT2D eigenvalue weighted by molar-refractivity contribution is 7.80. The summed E-state index contributed by atoms with van der Waals surface area (Å²) >= 11 is 5.43. The fourth-order valence-corrected chi connectivity index (χ4v) is 2.79. The van der Waals surface area contributed by atoms with Crippen molar-refractivity contribution in [3.8, 4) is 11.5 Å². The number of thiocarbonyl (C=S) groups is 1. The van der Waals surface area contributed by atoms with Crippen LogP contribution in [-0.2, 0) is 0 Å². The van der Waals surface area contributed by atoms with Crippen LogP contribution in [0.4, 0.5) is 5.69 Å². The Hall–Kier alpha value is -2.27. The fourth-order valence-electron chi connectivity index (χ4n) is 2.50. The van der Waals surface area contributed by atoms with Crippen LogP contribution in [-0.4, -0.2) is 19.3 Å². The van der Waals surface area contributed by atoms with E-state index in [0.29, 0.717) is 22.5 Å². The van der Waals surface area contributed by atoms with Gasteiger partial charge in [0.15, 0.2) is 5.11 Å². The van der Waals surface area contributed by atoms with Crippen LogP contribution in [0.2, 0.25) is 0 Å². The number of anilines is 1. The molecule has 0 aromatic heterocycles. The van der Waals surface area contributed by atoms with Crippen LogP contribution in [0.5, 0.6) is 11.5 Å². The molecule has 0 fully saturated rings. The minimum absolute atomic E-state index is 0.105. The van der Waals surface area contributed by atoms with E-state index in [0.717, 1.165) is 5.69 Å². The molecule has 0 amide bonds. The molecular weight excluding hydrogens is 332 g/mol. The Labute approximate surface area is 155 Å². The third kappa shape index (κ3) is 5.36. The summed E-state index contributed by atoms with van der Waals surface area (Å²) in [5.74, 6) is 1.95. The van der Waals surface area contributed by atoms with Crippen molar-refractivity contribution in [2.75, 3.05) is 19.5 Å². The Morgan fingerprint density at radius 1 is 0.880 bits per heavy atom. The average Bonchev–Trinajstić information content (AvgIpc) is 2.61. The lowest BCUT2D eigenvalue weighted by molar-refractivity contribution is 0.395. The van der Waals surface area contributed by atoms with Crippen molar-refractivity contribution in [2.45, 2.75) is 32.7 Å². The lowest BCUT2D eigenvalue weighted by Gasteiger charge is -2.18. The Morgan fingerprint density at radius 2 is 1.40 bits per heavy atom. The van der Waals surface area contributed by atoms with Gasteiger partial charge in [-0.1, -0.05) is 38.1 Å². The number of hydrogen-bond donors (Lipinski definition) is 2. The second-order valence-electron chi connectivity index (χ2n) is 6.24. The number of methoxy groups -OCH3 is 2. The van der Waals surface area contributed by atoms with Crippen LogP contribution in [0.15, 0.2) is 42.5 Å². The van der Waals surface area contributed by atoms with E-state index in [1.807, 2.05) is 18.2 Å². The predicted octanol–water partition coefficient (Wildman–Crippen LogP) is 4.87. The first kappa shape index (κ1) is 19.1. The smallest absolute Gasteiger partial charge is 0.171 e. The highest BCUT2D eigenvalue weighted by atomic mass is 32.1. The Morgan fingerprint density at radius 3 is 1.88 bits per heavy atom. The Bertz CT molecular complexity index is 692. The maximum Gasteiger partial charge on any atom is 0.171 e. The van der Waals surface area contributed by atoms with Gasteiger partial charge in [0.2, 0.25) is 0 Å². The van der Waals surface area contributed by atoms with Crippen molar-refractivity contribution in [3.63, 3.8) is 0 Å². The van der Waals surface area contributed by atoms with Crippen LogP contribution in [0.3, 0.4) is 0 Å². The molecule has 0 heterocycles.